The van der Waals surface area contributed by atoms with E-state index in [-0.39, 0.29) is 20.1 Å². The Morgan fingerprint density at radius 2 is 0.529 bits per heavy atom. The van der Waals surface area contributed by atoms with Crippen molar-refractivity contribution in [2.75, 3.05) is 0 Å². The molecule has 9 heteroatoms. The largest absolute Gasteiger partial charge is 0.550 e. The van der Waals surface area contributed by atoms with Crippen LogP contribution in [0.5, 0.6) is 0 Å². The Morgan fingerprint density at radius 3 is 0.529 bits per heavy atom. The van der Waals surface area contributed by atoms with Gasteiger partial charge in [-0.3, -0.25) is 0 Å². The van der Waals surface area contributed by atoms with Gasteiger partial charge >= 0.3 is 0 Å². The maximum atomic E-state index is 8.89. The minimum atomic E-state index is -1.08. The van der Waals surface area contributed by atoms with Gasteiger partial charge in [0.1, 0.15) is 0 Å². The molecule has 0 amide bonds. The van der Waals surface area contributed by atoms with Crippen molar-refractivity contribution in [3.8, 4) is 0 Å². The predicted molar refractivity (Wildman–Crippen MR) is 42.7 cm³/mol. The van der Waals surface area contributed by atoms with Crippen LogP contribution in [-0.2, 0) is 39.3 Å². The zero-order valence-corrected chi connectivity index (χ0v) is 12.0. The fourth-order valence-electron chi connectivity index (χ4n) is 0. The molecule has 0 atom stereocenters. The molecule has 0 aliphatic heterocycles. The number of rotatable bonds is 0. The van der Waals surface area contributed by atoms with Crippen molar-refractivity contribution in [2.24, 2.45) is 0 Å². The second-order valence-corrected chi connectivity index (χ2v) is 1.97. The summed E-state index contributed by atoms with van der Waals surface area (Å²) >= 11 is 0. The summed E-state index contributed by atoms with van der Waals surface area (Å²) in [6.07, 6.45) is 0. The summed E-state index contributed by atoms with van der Waals surface area (Å²) in [5.41, 5.74) is 0. The van der Waals surface area contributed by atoms with Crippen molar-refractivity contribution in [3.63, 3.8) is 0 Å². The molecule has 17 heavy (non-hydrogen) atoms. The fraction of sp³-hybridized carbons (Fsp3) is 0.500. The van der Waals surface area contributed by atoms with Gasteiger partial charge in [0.05, 0.1) is 0 Å². The van der Waals surface area contributed by atoms with Crippen LogP contribution in [-0.4, -0.2) is 23.9 Å². The average Bonchev–Trinajstić information content (AvgIpc) is 1.76. The Kier molecular flexibility index (Phi) is 41.7. The summed E-state index contributed by atoms with van der Waals surface area (Å²) in [7, 11) is 0. The maximum Gasteiger partial charge on any atom is 0.0383 e. The molecule has 1 radical (unpaired) electrons. The number of carbonyl (C=O) groups excluding carboxylic acids is 4. The van der Waals surface area contributed by atoms with Gasteiger partial charge in [-0.15, -0.1) is 0 Å². The number of carboxylic acid groups (broad SMARTS) is 4. The predicted octanol–water partition coefficient (Wildman–Crippen LogP) is -4.98. The van der Waals surface area contributed by atoms with E-state index in [0.29, 0.717) is 0 Å². The van der Waals surface area contributed by atoms with Gasteiger partial charge in [-0.25, -0.2) is 0 Å². The van der Waals surface area contributed by atoms with Crippen molar-refractivity contribution >= 4 is 23.9 Å². The minimum Gasteiger partial charge on any atom is -0.550 e. The molecule has 105 valence electrons. The molecule has 0 spiro atoms. The van der Waals surface area contributed by atoms with E-state index in [0.717, 1.165) is 27.7 Å². The zero-order valence-electron chi connectivity index (χ0n) is 9.60. The Morgan fingerprint density at radius 1 is 0.529 bits per heavy atom. The summed E-state index contributed by atoms with van der Waals surface area (Å²) in [5.74, 6) is -4.33. The number of carboxylic acids is 4. The number of carbonyl (C=O) groups is 4. The van der Waals surface area contributed by atoms with Crippen LogP contribution in [0.15, 0.2) is 0 Å². The Hall–Kier alpha value is -1.47. The van der Waals surface area contributed by atoms with Crippen LogP contribution < -0.4 is 20.4 Å². The normalized spacial score (nSPS) is 5.88. The van der Waals surface area contributed by atoms with Gasteiger partial charge < -0.3 is 39.6 Å². The smallest absolute Gasteiger partial charge is 0.0383 e. The third kappa shape index (κ3) is 1050. The van der Waals surface area contributed by atoms with Crippen LogP contribution in [0, 0.1) is 0 Å². The standard InChI is InChI=1S/4C2H4O2.Ir/c4*1-2(3)4;/h4*1H3,(H,3,4);/p-4. The van der Waals surface area contributed by atoms with E-state index < -0.39 is 23.9 Å². The van der Waals surface area contributed by atoms with Crippen LogP contribution in [0.4, 0.5) is 0 Å². The molecule has 0 aliphatic rings. The first-order valence-corrected chi connectivity index (χ1v) is 3.63. The molecule has 0 saturated carbocycles. The molecule has 0 N–H and O–H groups in total. The molecule has 0 aliphatic carbocycles. The average molecular weight is 428 g/mol. The third-order valence-corrected chi connectivity index (χ3v) is 0. The van der Waals surface area contributed by atoms with Gasteiger partial charge in [-0.2, -0.15) is 0 Å². The van der Waals surface area contributed by atoms with E-state index in [2.05, 4.69) is 0 Å². The van der Waals surface area contributed by atoms with E-state index in [4.69, 9.17) is 39.6 Å². The first-order chi connectivity index (χ1) is 6.93. The summed E-state index contributed by atoms with van der Waals surface area (Å²) in [5, 5.41) is 35.6. The van der Waals surface area contributed by atoms with Gasteiger partial charge in [-0.05, 0) is 27.7 Å². The Labute approximate surface area is 112 Å². The van der Waals surface area contributed by atoms with Crippen molar-refractivity contribution in [3.05, 3.63) is 0 Å². The fourth-order valence-corrected chi connectivity index (χ4v) is 0. The number of hydrogen-bond acceptors (Lipinski definition) is 8. The molecule has 0 aromatic carbocycles. The van der Waals surface area contributed by atoms with E-state index in [1.807, 2.05) is 0 Å². The zero-order chi connectivity index (χ0) is 14.3. The summed E-state index contributed by atoms with van der Waals surface area (Å²) in [6, 6.07) is 0. The van der Waals surface area contributed by atoms with Gasteiger partial charge in [0.25, 0.3) is 0 Å². The molecular formula is C8H12IrO8-4. The second-order valence-electron chi connectivity index (χ2n) is 1.97. The van der Waals surface area contributed by atoms with E-state index in [9.17, 15) is 0 Å². The van der Waals surface area contributed by atoms with Gasteiger partial charge in [0.15, 0.2) is 0 Å². The molecule has 0 unspecified atom stereocenters. The van der Waals surface area contributed by atoms with Crippen molar-refractivity contribution in [1.82, 2.24) is 0 Å². The van der Waals surface area contributed by atoms with Crippen LogP contribution in [0.2, 0.25) is 0 Å². The van der Waals surface area contributed by atoms with Crippen LogP contribution in [0.1, 0.15) is 27.7 Å². The quantitative estimate of drug-likeness (QED) is 0.371. The minimum absolute atomic E-state index is 0. The number of aliphatic carboxylic acids is 4. The van der Waals surface area contributed by atoms with Gasteiger partial charge in [0.2, 0.25) is 0 Å². The van der Waals surface area contributed by atoms with Crippen molar-refractivity contribution in [1.29, 1.82) is 0 Å². The van der Waals surface area contributed by atoms with Gasteiger partial charge in [-0.1, -0.05) is 0 Å². The van der Waals surface area contributed by atoms with E-state index in [1.165, 1.54) is 0 Å². The molecule has 8 nitrogen and oxygen atoms in total. The molecule has 0 aromatic heterocycles. The molecule has 0 rings (SSSR count). The molecular weight excluding hydrogens is 416 g/mol. The van der Waals surface area contributed by atoms with Crippen LogP contribution in [0.25, 0.3) is 0 Å². The van der Waals surface area contributed by atoms with Crippen LogP contribution >= 0.6 is 0 Å². The van der Waals surface area contributed by atoms with E-state index >= 15 is 0 Å². The van der Waals surface area contributed by atoms with E-state index in [1.54, 1.807) is 0 Å². The maximum absolute atomic E-state index is 8.89. The van der Waals surface area contributed by atoms with Crippen molar-refractivity contribution < 1.29 is 59.7 Å². The number of hydrogen-bond donors (Lipinski definition) is 0. The summed E-state index contributed by atoms with van der Waals surface area (Å²) in [6.45, 7) is 3.89. The topological polar surface area (TPSA) is 161 Å². The van der Waals surface area contributed by atoms with Crippen LogP contribution in [0.3, 0.4) is 0 Å². The summed E-state index contributed by atoms with van der Waals surface area (Å²) in [4.78, 5) is 35.6. The molecule has 0 bridgehead atoms. The Balaban J connectivity index is -0.0000000369. The van der Waals surface area contributed by atoms with Gasteiger partial charge in [0, 0.05) is 44.0 Å². The first-order valence-electron chi connectivity index (χ1n) is 3.63. The van der Waals surface area contributed by atoms with Crippen molar-refractivity contribution in [2.45, 2.75) is 27.7 Å². The summed E-state index contributed by atoms with van der Waals surface area (Å²) < 4.78 is 0. The third-order valence-electron chi connectivity index (χ3n) is 0. The second kappa shape index (κ2) is 24.0. The monoisotopic (exact) mass is 429 g/mol. The SMILES string of the molecule is CC(=O)[O-].CC(=O)[O-].CC(=O)[O-].CC(=O)[O-].[Ir]. The molecule has 0 saturated heterocycles. The Bertz CT molecular complexity index is 162. The molecule has 0 aromatic rings. The first kappa shape index (κ1) is 29.6. The molecule has 0 fully saturated rings. The molecule has 0 heterocycles.